The van der Waals surface area contributed by atoms with E-state index in [0.717, 1.165) is 16.3 Å². The Morgan fingerprint density at radius 2 is 1.74 bits per heavy atom. The van der Waals surface area contributed by atoms with Gasteiger partial charge in [0.05, 0.1) is 5.52 Å². The molecule has 0 atom stereocenters. The van der Waals surface area contributed by atoms with Gasteiger partial charge in [-0.3, -0.25) is 4.98 Å². The molecule has 2 aromatic carbocycles. The van der Waals surface area contributed by atoms with Crippen LogP contribution in [0.15, 0.2) is 65.7 Å². The summed E-state index contributed by atoms with van der Waals surface area (Å²) in [6, 6.07) is 18.3. The van der Waals surface area contributed by atoms with Crippen LogP contribution < -0.4 is 0 Å². The molecule has 1 aromatic heterocycles. The molecule has 3 aromatic rings. The van der Waals surface area contributed by atoms with Gasteiger partial charge in [0, 0.05) is 27.3 Å². The van der Waals surface area contributed by atoms with Gasteiger partial charge in [-0.15, -0.1) is 11.8 Å². The Morgan fingerprint density at radius 1 is 0.947 bits per heavy atom. The Labute approximate surface area is 121 Å². The number of hydrogen-bond donors (Lipinski definition) is 0. The molecule has 0 fully saturated rings. The molecule has 0 N–H and O–H groups in total. The maximum absolute atomic E-state index is 5.89. The molecule has 3 rings (SSSR count). The molecule has 94 valence electrons. The number of benzene rings is 2. The van der Waals surface area contributed by atoms with Crippen LogP contribution in [0, 0.1) is 0 Å². The molecule has 0 spiro atoms. The minimum Gasteiger partial charge on any atom is -0.256 e. The number of para-hydroxylation sites is 1. The van der Waals surface area contributed by atoms with Crippen LogP contribution in [0.1, 0.15) is 5.56 Å². The molecule has 1 heterocycles. The zero-order chi connectivity index (χ0) is 13.1. The fraction of sp³-hybridized carbons (Fsp3) is 0.0625. The van der Waals surface area contributed by atoms with Crippen LogP contribution in [0.2, 0.25) is 5.02 Å². The molecule has 19 heavy (non-hydrogen) atoms. The third kappa shape index (κ3) is 2.91. The largest absolute Gasteiger partial charge is 0.256 e. The first-order valence-corrected chi connectivity index (χ1v) is 7.40. The lowest BCUT2D eigenvalue weighted by Crippen LogP contribution is -1.86. The monoisotopic (exact) mass is 285 g/mol. The van der Waals surface area contributed by atoms with E-state index in [1.165, 1.54) is 15.8 Å². The standard InChI is InChI=1S/C16H12ClNS/c17-14-6-8-15(9-7-14)19-11-13-4-1-3-12-5-2-10-18-16(12)13/h1-10H,11H2. The van der Waals surface area contributed by atoms with Crippen LogP contribution in [0.4, 0.5) is 0 Å². The number of hydrogen-bond acceptors (Lipinski definition) is 2. The minimum atomic E-state index is 0.774. The van der Waals surface area contributed by atoms with E-state index in [-0.39, 0.29) is 0 Å². The third-order valence-corrected chi connectivity index (χ3v) is 4.24. The van der Waals surface area contributed by atoms with Crippen molar-refractivity contribution in [3.8, 4) is 0 Å². The SMILES string of the molecule is Clc1ccc(SCc2cccc3cccnc23)cc1. The summed E-state index contributed by atoms with van der Waals surface area (Å²) in [6.45, 7) is 0. The van der Waals surface area contributed by atoms with E-state index in [4.69, 9.17) is 11.6 Å². The predicted octanol–water partition coefficient (Wildman–Crippen LogP) is 5.18. The van der Waals surface area contributed by atoms with Crippen LogP contribution in [-0.4, -0.2) is 4.98 Å². The lowest BCUT2D eigenvalue weighted by molar-refractivity contribution is 1.34. The lowest BCUT2D eigenvalue weighted by Gasteiger charge is -2.05. The van der Waals surface area contributed by atoms with Crippen molar-refractivity contribution in [2.45, 2.75) is 10.6 Å². The third-order valence-electron chi connectivity index (χ3n) is 2.92. The van der Waals surface area contributed by atoms with Crippen molar-refractivity contribution < 1.29 is 0 Å². The quantitative estimate of drug-likeness (QED) is 0.615. The van der Waals surface area contributed by atoms with E-state index in [1.807, 2.05) is 36.5 Å². The number of aromatic nitrogens is 1. The zero-order valence-electron chi connectivity index (χ0n) is 10.2. The van der Waals surface area contributed by atoms with E-state index < -0.39 is 0 Å². The Morgan fingerprint density at radius 3 is 2.58 bits per heavy atom. The second kappa shape index (κ2) is 5.64. The van der Waals surface area contributed by atoms with Crippen molar-refractivity contribution in [3.05, 3.63) is 71.4 Å². The molecule has 0 saturated heterocycles. The molecule has 0 aliphatic carbocycles. The Hall–Kier alpha value is -1.51. The van der Waals surface area contributed by atoms with Gasteiger partial charge in [0.1, 0.15) is 0 Å². The second-order valence-electron chi connectivity index (χ2n) is 4.23. The first kappa shape index (κ1) is 12.5. The number of thioether (sulfide) groups is 1. The van der Waals surface area contributed by atoms with Crippen LogP contribution in [0.5, 0.6) is 0 Å². The van der Waals surface area contributed by atoms with Gasteiger partial charge >= 0.3 is 0 Å². The van der Waals surface area contributed by atoms with Crippen LogP contribution in [-0.2, 0) is 5.75 Å². The van der Waals surface area contributed by atoms with Gasteiger partial charge in [0.25, 0.3) is 0 Å². The van der Waals surface area contributed by atoms with E-state index in [0.29, 0.717) is 0 Å². The Balaban J connectivity index is 1.84. The smallest absolute Gasteiger partial charge is 0.0742 e. The molecule has 0 saturated carbocycles. The zero-order valence-corrected chi connectivity index (χ0v) is 11.8. The van der Waals surface area contributed by atoms with Crippen LogP contribution in [0.25, 0.3) is 10.9 Å². The highest BCUT2D eigenvalue weighted by molar-refractivity contribution is 7.98. The molecule has 0 amide bonds. The summed E-state index contributed by atoms with van der Waals surface area (Å²) in [7, 11) is 0. The second-order valence-corrected chi connectivity index (χ2v) is 5.72. The van der Waals surface area contributed by atoms with Gasteiger partial charge < -0.3 is 0 Å². The number of halogens is 1. The first-order valence-electron chi connectivity index (χ1n) is 6.04. The number of pyridine rings is 1. The van der Waals surface area contributed by atoms with E-state index in [9.17, 15) is 0 Å². The molecule has 0 unspecified atom stereocenters. The van der Waals surface area contributed by atoms with Crippen molar-refractivity contribution in [1.82, 2.24) is 4.98 Å². The highest BCUT2D eigenvalue weighted by Crippen LogP contribution is 2.27. The molecular weight excluding hydrogens is 274 g/mol. The maximum atomic E-state index is 5.89. The van der Waals surface area contributed by atoms with Gasteiger partial charge in [0.15, 0.2) is 0 Å². The highest BCUT2D eigenvalue weighted by atomic mass is 35.5. The van der Waals surface area contributed by atoms with E-state index in [2.05, 4.69) is 29.2 Å². The molecule has 0 aliphatic rings. The summed E-state index contributed by atoms with van der Waals surface area (Å²) >= 11 is 7.69. The van der Waals surface area contributed by atoms with Crippen molar-refractivity contribution >= 4 is 34.3 Å². The Kier molecular flexibility index (Phi) is 3.72. The number of fused-ring (bicyclic) bond motifs is 1. The van der Waals surface area contributed by atoms with Gasteiger partial charge in [0.2, 0.25) is 0 Å². The topological polar surface area (TPSA) is 12.9 Å². The highest BCUT2D eigenvalue weighted by Gasteiger charge is 2.02. The van der Waals surface area contributed by atoms with Crippen molar-refractivity contribution in [2.75, 3.05) is 0 Å². The molecule has 0 aliphatic heterocycles. The molecule has 0 bridgehead atoms. The summed E-state index contributed by atoms with van der Waals surface area (Å²) in [4.78, 5) is 5.69. The van der Waals surface area contributed by atoms with Crippen LogP contribution >= 0.6 is 23.4 Å². The fourth-order valence-electron chi connectivity index (χ4n) is 1.98. The average molecular weight is 286 g/mol. The maximum Gasteiger partial charge on any atom is 0.0742 e. The van der Waals surface area contributed by atoms with Gasteiger partial charge in [-0.2, -0.15) is 0 Å². The van der Waals surface area contributed by atoms with Crippen LogP contribution in [0.3, 0.4) is 0 Å². The summed E-state index contributed by atoms with van der Waals surface area (Å²) in [5.74, 6) is 0.913. The number of nitrogens with zero attached hydrogens (tertiary/aromatic N) is 1. The van der Waals surface area contributed by atoms with Gasteiger partial charge in [-0.1, -0.05) is 35.9 Å². The molecule has 1 nitrogen and oxygen atoms in total. The minimum absolute atomic E-state index is 0.774. The van der Waals surface area contributed by atoms with Crippen molar-refractivity contribution in [1.29, 1.82) is 0 Å². The summed E-state index contributed by atoms with van der Waals surface area (Å²) in [5, 5.41) is 1.97. The van der Waals surface area contributed by atoms with E-state index in [1.54, 1.807) is 11.8 Å². The first-order chi connectivity index (χ1) is 9.33. The van der Waals surface area contributed by atoms with Crippen molar-refractivity contribution in [2.24, 2.45) is 0 Å². The normalized spacial score (nSPS) is 10.8. The van der Waals surface area contributed by atoms with Gasteiger partial charge in [-0.05, 0) is 35.9 Å². The summed E-state index contributed by atoms with van der Waals surface area (Å²) < 4.78 is 0. The Bertz CT molecular complexity index is 689. The average Bonchev–Trinajstić information content (AvgIpc) is 2.47. The van der Waals surface area contributed by atoms with Gasteiger partial charge in [-0.25, -0.2) is 0 Å². The summed E-state index contributed by atoms with van der Waals surface area (Å²) in [6.07, 6.45) is 1.85. The summed E-state index contributed by atoms with van der Waals surface area (Å²) in [5.41, 5.74) is 2.35. The van der Waals surface area contributed by atoms with E-state index >= 15 is 0 Å². The molecule has 0 radical (unpaired) electrons. The lowest BCUT2D eigenvalue weighted by atomic mass is 10.1. The fourth-order valence-corrected chi connectivity index (χ4v) is 2.99. The predicted molar refractivity (Wildman–Crippen MR) is 82.8 cm³/mol. The molecular formula is C16H12ClNS. The van der Waals surface area contributed by atoms with Crippen molar-refractivity contribution in [3.63, 3.8) is 0 Å². The molecule has 3 heteroatoms. The number of rotatable bonds is 3.